The monoisotopic (exact) mass is 286 g/mol. The number of nitrogens with zero attached hydrogens (tertiary/aromatic N) is 1. The third-order valence-corrected chi connectivity index (χ3v) is 4.36. The van der Waals surface area contributed by atoms with E-state index in [4.69, 9.17) is 9.84 Å². The Kier molecular flexibility index (Phi) is 5.39. The Morgan fingerprint density at radius 3 is 2.50 bits per heavy atom. The van der Waals surface area contributed by atoms with Crippen LogP contribution >= 0.6 is 0 Å². The number of carboxylic acid groups (broad SMARTS) is 1. The standard InChI is InChI=1S/C14H26N2O4/c1-6-16(9(2)7-12(17)18)13(19)15-10-8-11(20-5)14(10,3)4/h9-11H,6-8H2,1-5H3,(H,15,19)(H,17,18). The summed E-state index contributed by atoms with van der Waals surface area (Å²) in [6, 6.07) is -0.459. The maximum Gasteiger partial charge on any atom is 0.317 e. The van der Waals surface area contributed by atoms with Gasteiger partial charge in [-0.25, -0.2) is 4.79 Å². The molecule has 1 rings (SSSR count). The van der Waals surface area contributed by atoms with Gasteiger partial charge >= 0.3 is 12.0 Å². The molecule has 1 aliphatic rings. The van der Waals surface area contributed by atoms with E-state index in [2.05, 4.69) is 19.2 Å². The molecule has 6 nitrogen and oxygen atoms in total. The van der Waals surface area contributed by atoms with Gasteiger partial charge in [0.05, 0.1) is 12.5 Å². The summed E-state index contributed by atoms with van der Waals surface area (Å²) in [5.41, 5.74) is -0.0974. The Bertz CT molecular complexity index is 370. The number of rotatable bonds is 6. The van der Waals surface area contributed by atoms with Crippen molar-refractivity contribution in [2.75, 3.05) is 13.7 Å². The average molecular weight is 286 g/mol. The minimum absolute atomic E-state index is 0.0456. The van der Waals surface area contributed by atoms with Crippen LogP contribution in [0.1, 0.15) is 40.5 Å². The van der Waals surface area contributed by atoms with Gasteiger partial charge in [-0.1, -0.05) is 13.8 Å². The van der Waals surface area contributed by atoms with Gasteiger partial charge in [-0.2, -0.15) is 0 Å². The van der Waals surface area contributed by atoms with E-state index in [-0.39, 0.29) is 36.1 Å². The van der Waals surface area contributed by atoms with Crippen molar-refractivity contribution in [2.45, 2.75) is 58.7 Å². The van der Waals surface area contributed by atoms with E-state index >= 15 is 0 Å². The number of carbonyl (C=O) groups is 2. The second-order valence-electron chi connectivity index (χ2n) is 6.02. The third kappa shape index (κ3) is 3.42. The molecule has 0 aromatic rings. The highest BCUT2D eigenvalue weighted by Crippen LogP contribution is 2.42. The lowest BCUT2D eigenvalue weighted by Crippen LogP contribution is -2.63. The van der Waals surface area contributed by atoms with E-state index in [0.29, 0.717) is 6.54 Å². The number of ether oxygens (including phenoxy) is 1. The summed E-state index contributed by atoms with van der Waals surface area (Å²) >= 11 is 0. The topological polar surface area (TPSA) is 78.9 Å². The van der Waals surface area contributed by atoms with Gasteiger partial charge in [-0.3, -0.25) is 4.79 Å². The maximum atomic E-state index is 12.3. The lowest BCUT2D eigenvalue weighted by Gasteiger charge is -2.51. The summed E-state index contributed by atoms with van der Waals surface area (Å²) in [4.78, 5) is 24.6. The molecule has 20 heavy (non-hydrogen) atoms. The van der Waals surface area contributed by atoms with Crippen LogP contribution in [0.3, 0.4) is 0 Å². The zero-order valence-electron chi connectivity index (χ0n) is 13.0. The van der Waals surface area contributed by atoms with E-state index in [1.165, 1.54) is 0 Å². The average Bonchev–Trinajstić information content (AvgIpc) is 2.33. The minimum atomic E-state index is -0.896. The zero-order chi connectivity index (χ0) is 15.5. The molecule has 0 saturated heterocycles. The van der Waals surface area contributed by atoms with Crippen LogP contribution < -0.4 is 5.32 Å². The van der Waals surface area contributed by atoms with Crippen LogP contribution in [-0.2, 0) is 9.53 Å². The number of aliphatic carboxylic acids is 1. The van der Waals surface area contributed by atoms with Gasteiger partial charge in [0.1, 0.15) is 0 Å². The van der Waals surface area contributed by atoms with Crippen LogP contribution in [0.5, 0.6) is 0 Å². The summed E-state index contributed by atoms with van der Waals surface area (Å²) < 4.78 is 5.36. The van der Waals surface area contributed by atoms with Crippen molar-refractivity contribution in [3.8, 4) is 0 Å². The number of carbonyl (C=O) groups excluding carboxylic acids is 1. The van der Waals surface area contributed by atoms with Crippen LogP contribution in [0.4, 0.5) is 4.79 Å². The Morgan fingerprint density at radius 2 is 2.10 bits per heavy atom. The number of carboxylic acids is 1. The molecule has 0 heterocycles. The molecular formula is C14H26N2O4. The molecule has 2 amide bonds. The number of methoxy groups -OCH3 is 1. The van der Waals surface area contributed by atoms with Gasteiger partial charge in [-0.15, -0.1) is 0 Å². The molecule has 0 aromatic carbocycles. The number of hydrogen-bond acceptors (Lipinski definition) is 3. The quantitative estimate of drug-likeness (QED) is 0.779. The van der Waals surface area contributed by atoms with Gasteiger partial charge in [0, 0.05) is 31.2 Å². The van der Waals surface area contributed by atoms with E-state index in [9.17, 15) is 9.59 Å². The van der Waals surface area contributed by atoms with Crippen molar-refractivity contribution >= 4 is 12.0 Å². The van der Waals surface area contributed by atoms with Gasteiger partial charge < -0.3 is 20.1 Å². The first kappa shape index (κ1) is 16.8. The van der Waals surface area contributed by atoms with Gasteiger partial charge in [-0.05, 0) is 20.3 Å². The summed E-state index contributed by atoms with van der Waals surface area (Å²) in [5.74, 6) is -0.896. The van der Waals surface area contributed by atoms with Crippen LogP contribution in [0.2, 0.25) is 0 Å². The molecule has 0 aromatic heterocycles. The van der Waals surface area contributed by atoms with E-state index in [1.54, 1.807) is 18.9 Å². The number of nitrogens with one attached hydrogen (secondary N) is 1. The first-order chi connectivity index (χ1) is 9.23. The smallest absolute Gasteiger partial charge is 0.317 e. The fourth-order valence-corrected chi connectivity index (χ4v) is 2.78. The highest BCUT2D eigenvalue weighted by Gasteiger charge is 2.49. The fourth-order valence-electron chi connectivity index (χ4n) is 2.78. The molecule has 6 heteroatoms. The molecule has 116 valence electrons. The second kappa shape index (κ2) is 6.43. The molecule has 2 N–H and O–H groups in total. The Labute approximate surface area is 120 Å². The highest BCUT2D eigenvalue weighted by molar-refractivity contribution is 5.76. The first-order valence-electron chi connectivity index (χ1n) is 7.05. The lowest BCUT2D eigenvalue weighted by atomic mass is 9.64. The van der Waals surface area contributed by atoms with Crippen molar-refractivity contribution in [3.63, 3.8) is 0 Å². The highest BCUT2D eigenvalue weighted by atomic mass is 16.5. The zero-order valence-corrected chi connectivity index (χ0v) is 13.0. The van der Waals surface area contributed by atoms with Gasteiger partial charge in [0.25, 0.3) is 0 Å². The molecule has 3 atom stereocenters. The van der Waals surface area contributed by atoms with Crippen LogP contribution in [0, 0.1) is 5.41 Å². The lowest BCUT2D eigenvalue weighted by molar-refractivity contribution is -0.138. The summed E-state index contributed by atoms with van der Waals surface area (Å²) in [5, 5.41) is 11.8. The first-order valence-corrected chi connectivity index (χ1v) is 7.05. The largest absolute Gasteiger partial charge is 0.481 e. The van der Waals surface area contributed by atoms with Gasteiger partial charge in [0.2, 0.25) is 0 Å². The van der Waals surface area contributed by atoms with Crippen molar-refractivity contribution in [3.05, 3.63) is 0 Å². The Balaban J connectivity index is 2.59. The fraction of sp³-hybridized carbons (Fsp3) is 0.857. The molecule has 1 saturated carbocycles. The van der Waals surface area contributed by atoms with Crippen LogP contribution in [0.15, 0.2) is 0 Å². The predicted octanol–water partition coefficient (Wildman–Crippen LogP) is 1.69. The van der Waals surface area contributed by atoms with Crippen LogP contribution in [0.25, 0.3) is 0 Å². The maximum absolute atomic E-state index is 12.3. The number of hydrogen-bond donors (Lipinski definition) is 2. The molecule has 1 fully saturated rings. The molecule has 0 bridgehead atoms. The van der Waals surface area contributed by atoms with E-state index in [0.717, 1.165) is 6.42 Å². The molecular weight excluding hydrogens is 260 g/mol. The normalized spacial score (nSPS) is 25.4. The summed E-state index contributed by atoms with van der Waals surface area (Å²) in [6.07, 6.45) is 0.898. The van der Waals surface area contributed by atoms with Crippen LogP contribution in [-0.4, -0.2) is 53.8 Å². The Hall–Kier alpha value is -1.30. The van der Waals surface area contributed by atoms with Crippen molar-refractivity contribution in [1.82, 2.24) is 10.2 Å². The molecule has 0 radical (unpaired) electrons. The predicted molar refractivity (Wildman–Crippen MR) is 75.6 cm³/mol. The van der Waals surface area contributed by atoms with Crippen molar-refractivity contribution in [2.24, 2.45) is 5.41 Å². The molecule has 0 aliphatic heterocycles. The Morgan fingerprint density at radius 1 is 1.50 bits per heavy atom. The molecule has 0 spiro atoms. The molecule has 1 aliphatic carbocycles. The summed E-state index contributed by atoms with van der Waals surface area (Å²) in [6.45, 7) is 8.21. The number of urea groups is 1. The van der Waals surface area contributed by atoms with Gasteiger partial charge in [0.15, 0.2) is 0 Å². The van der Waals surface area contributed by atoms with Crippen molar-refractivity contribution in [1.29, 1.82) is 0 Å². The third-order valence-electron chi connectivity index (χ3n) is 4.36. The number of amides is 2. The second-order valence-corrected chi connectivity index (χ2v) is 6.02. The van der Waals surface area contributed by atoms with Crippen molar-refractivity contribution < 1.29 is 19.4 Å². The SMILES string of the molecule is CCN(C(=O)NC1CC(OC)C1(C)C)C(C)CC(=O)O. The minimum Gasteiger partial charge on any atom is -0.481 e. The summed E-state index contributed by atoms with van der Waals surface area (Å²) in [7, 11) is 1.68. The van der Waals surface area contributed by atoms with E-state index < -0.39 is 5.97 Å². The van der Waals surface area contributed by atoms with E-state index in [1.807, 2.05) is 6.92 Å². The molecule has 3 unspecified atom stereocenters.